The van der Waals surface area contributed by atoms with Gasteiger partial charge in [-0.3, -0.25) is 0 Å². The molecule has 2 unspecified atom stereocenters. The number of benzene rings is 1. The molecular formula is C15H16O2. The Bertz CT molecular complexity index is 447. The maximum Gasteiger partial charge on any atom is 0.334 e. The van der Waals surface area contributed by atoms with Crippen LogP contribution in [0.25, 0.3) is 0 Å². The molecule has 3 rings (SSSR count). The summed E-state index contributed by atoms with van der Waals surface area (Å²) < 4.78 is 5.36. The lowest BCUT2D eigenvalue weighted by molar-refractivity contribution is -0.140. The zero-order valence-corrected chi connectivity index (χ0v) is 9.76. The molecule has 0 radical (unpaired) electrons. The first kappa shape index (κ1) is 10.6. The zero-order chi connectivity index (χ0) is 11.7. The summed E-state index contributed by atoms with van der Waals surface area (Å²) in [5.74, 6) is 1.00. The van der Waals surface area contributed by atoms with E-state index in [1.807, 2.05) is 30.3 Å². The van der Waals surface area contributed by atoms with Gasteiger partial charge in [-0.2, -0.15) is 0 Å². The van der Waals surface area contributed by atoms with Gasteiger partial charge in [0, 0.05) is 5.57 Å². The first-order chi connectivity index (χ1) is 8.33. The number of carbonyl (C=O) groups excluding carboxylic acids is 1. The van der Waals surface area contributed by atoms with Gasteiger partial charge >= 0.3 is 5.97 Å². The largest absolute Gasteiger partial charge is 0.457 e. The number of ether oxygens (including phenoxy) is 1. The van der Waals surface area contributed by atoms with Crippen molar-refractivity contribution in [1.29, 1.82) is 0 Å². The van der Waals surface area contributed by atoms with Crippen molar-refractivity contribution in [2.24, 2.45) is 11.8 Å². The van der Waals surface area contributed by atoms with Gasteiger partial charge in [0.15, 0.2) is 0 Å². The van der Waals surface area contributed by atoms with E-state index in [2.05, 4.69) is 6.08 Å². The summed E-state index contributed by atoms with van der Waals surface area (Å²) in [7, 11) is 0. The van der Waals surface area contributed by atoms with Gasteiger partial charge in [0.2, 0.25) is 0 Å². The van der Waals surface area contributed by atoms with Crippen molar-refractivity contribution < 1.29 is 9.53 Å². The third-order valence-electron chi connectivity index (χ3n) is 3.78. The van der Waals surface area contributed by atoms with E-state index in [-0.39, 0.29) is 5.97 Å². The molecule has 0 amide bonds. The number of esters is 1. The van der Waals surface area contributed by atoms with Gasteiger partial charge in [-0.25, -0.2) is 4.79 Å². The Morgan fingerprint density at radius 2 is 2.06 bits per heavy atom. The average molecular weight is 228 g/mol. The highest BCUT2D eigenvalue weighted by atomic mass is 16.5. The molecule has 0 aromatic heterocycles. The smallest absolute Gasteiger partial charge is 0.334 e. The molecule has 2 heteroatoms. The Morgan fingerprint density at radius 1 is 1.24 bits per heavy atom. The van der Waals surface area contributed by atoms with E-state index in [1.165, 1.54) is 6.42 Å². The van der Waals surface area contributed by atoms with E-state index in [1.54, 1.807) is 0 Å². The van der Waals surface area contributed by atoms with E-state index in [9.17, 15) is 4.79 Å². The summed E-state index contributed by atoms with van der Waals surface area (Å²) in [6, 6.07) is 9.83. The molecule has 0 N–H and O–H groups in total. The third kappa shape index (κ3) is 2.12. The number of rotatable bonds is 3. The van der Waals surface area contributed by atoms with Crippen LogP contribution in [-0.4, -0.2) is 5.97 Å². The number of hydrogen-bond donors (Lipinski definition) is 0. The highest BCUT2D eigenvalue weighted by Gasteiger charge is 2.36. The molecule has 2 atom stereocenters. The topological polar surface area (TPSA) is 26.3 Å². The lowest BCUT2D eigenvalue weighted by atomic mass is 9.99. The van der Waals surface area contributed by atoms with Crippen LogP contribution >= 0.6 is 0 Å². The van der Waals surface area contributed by atoms with Gasteiger partial charge in [0.1, 0.15) is 6.61 Å². The van der Waals surface area contributed by atoms with Crippen LogP contribution in [0, 0.1) is 11.8 Å². The zero-order valence-electron chi connectivity index (χ0n) is 9.76. The maximum absolute atomic E-state index is 11.9. The van der Waals surface area contributed by atoms with Crippen molar-refractivity contribution in [1.82, 2.24) is 0 Å². The quantitative estimate of drug-likeness (QED) is 0.743. The molecule has 1 saturated carbocycles. The fraction of sp³-hybridized carbons (Fsp3) is 0.400. The number of allylic oxidation sites excluding steroid dienone is 1. The van der Waals surface area contributed by atoms with Crippen LogP contribution < -0.4 is 0 Å². The van der Waals surface area contributed by atoms with E-state index in [0.29, 0.717) is 18.4 Å². The van der Waals surface area contributed by atoms with Crippen molar-refractivity contribution in [2.45, 2.75) is 25.9 Å². The fourth-order valence-corrected chi connectivity index (χ4v) is 2.88. The molecule has 1 aromatic carbocycles. The summed E-state index contributed by atoms with van der Waals surface area (Å²) in [5, 5.41) is 0. The molecule has 2 aliphatic carbocycles. The Labute approximate surface area is 101 Å². The van der Waals surface area contributed by atoms with Gasteiger partial charge in [0.05, 0.1) is 0 Å². The number of hydrogen-bond acceptors (Lipinski definition) is 2. The second kappa shape index (κ2) is 4.36. The van der Waals surface area contributed by atoms with E-state index in [4.69, 9.17) is 4.74 Å². The second-order valence-electron chi connectivity index (χ2n) is 4.95. The maximum atomic E-state index is 11.9. The lowest BCUT2D eigenvalue weighted by Gasteiger charge is -2.12. The normalized spacial score (nSPS) is 25.8. The minimum Gasteiger partial charge on any atom is -0.457 e. The van der Waals surface area contributed by atoms with E-state index < -0.39 is 0 Å². The monoisotopic (exact) mass is 228 g/mol. The Hall–Kier alpha value is -1.57. The molecule has 2 aliphatic rings. The molecule has 2 bridgehead atoms. The van der Waals surface area contributed by atoms with Crippen molar-refractivity contribution in [2.75, 3.05) is 0 Å². The summed E-state index contributed by atoms with van der Waals surface area (Å²) in [6.07, 6.45) is 5.70. The summed E-state index contributed by atoms with van der Waals surface area (Å²) >= 11 is 0. The number of fused-ring (bicyclic) bond motifs is 2. The van der Waals surface area contributed by atoms with Gasteiger partial charge < -0.3 is 4.74 Å². The van der Waals surface area contributed by atoms with Crippen LogP contribution in [0.4, 0.5) is 0 Å². The molecular weight excluding hydrogens is 212 g/mol. The van der Waals surface area contributed by atoms with Gasteiger partial charge in [-0.1, -0.05) is 36.4 Å². The molecule has 0 aliphatic heterocycles. The van der Waals surface area contributed by atoms with Crippen LogP contribution in [0.15, 0.2) is 42.0 Å². The van der Waals surface area contributed by atoms with Crippen LogP contribution in [0.5, 0.6) is 0 Å². The van der Waals surface area contributed by atoms with Crippen molar-refractivity contribution in [3.63, 3.8) is 0 Å². The standard InChI is InChI=1S/C15H16O2/c16-15(14-9-12-6-7-13(14)8-12)17-10-11-4-2-1-3-5-11/h1-5,9,12-13H,6-8,10H2. The van der Waals surface area contributed by atoms with Crippen molar-refractivity contribution in [3.8, 4) is 0 Å². The molecule has 0 heterocycles. The molecule has 88 valence electrons. The van der Waals surface area contributed by atoms with Gasteiger partial charge in [-0.15, -0.1) is 0 Å². The first-order valence-corrected chi connectivity index (χ1v) is 6.25. The summed E-state index contributed by atoms with van der Waals surface area (Å²) in [5.41, 5.74) is 1.97. The van der Waals surface area contributed by atoms with Crippen molar-refractivity contribution >= 4 is 5.97 Å². The SMILES string of the molecule is O=C(OCc1ccccc1)C1=CC2CCC1C2. The average Bonchev–Trinajstić information content (AvgIpc) is 2.99. The highest BCUT2D eigenvalue weighted by molar-refractivity contribution is 5.89. The van der Waals surface area contributed by atoms with Crippen LogP contribution in [0.2, 0.25) is 0 Å². The fourth-order valence-electron chi connectivity index (χ4n) is 2.88. The van der Waals surface area contributed by atoms with Crippen molar-refractivity contribution in [3.05, 3.63) is 47.5 Å². The third-order valence-corrected chi connectivity index (χ3v) is 3.78. The Balaban J connectivity index is 1.60. The van der Waals surface area contributed by atoms with Gasteiger partial charge in [0.25, 0.3) is 0 Å². The Morgan fingerprint density at radius 3 is 2.71 bits per heavy atom. The molecule has 2 nitrogen and oxygen atoms in total. The molecule has 0 spiro atoms. The van der Waals surface area contributed by atoms with Crippen LogP contribution in [0.3, 0.4) is 0 Å². The van der Waals surface area contributed by atoms with Gasteiger partial charge in [-0.05, 0) is 36.7 Å². The van der Waals surface area contributed by atoms with E-state index >= 15 is 0 Å². The summed E-state index contributed by atoms with van der Waals surface area (Å²) in [4.78, 5) is 11.9. The van der Waals surface area contributed by atoms with E-state index in [0.717, 1.165) is 24.0 Å². The number of carbonyl (C=O) groups is 1. The molecule has 1 fully saturated rings. The predicted molar refractivity (Wildman–Crippen MR) is 65.2 cm³/mol. The molecule has 0 saturated heterocycles. The summed E-state index contributed by atoms with van der Waals surface area (Å²) in [6.45, 7) is 0.383. The Kier molecular flexibility index (Phi) is 2.71. The minimum atomic E-state index is -0.110. The molecule has 17 heavy (non-hydrogen) atoms. The first-order valence-electron chi connectivity index (χ1n) is 6.25. The minimum absolute atomic E-state index is 0.110. The van der Waals surface area contributed by atoms with Crippen LogP contribution in [-0.2, 0) is 16.1 Å². The van der Waals surface area contributed by atoms with Crippen LogP contribution in [0.1, 0.15) is 24.8 Å². The second-order valence-corrected chi connectivity index (χ2v) is 4.95. The lowest BCUT2D eigenvalue weighted by Crippen LogP contribution is -2.13. The molecule has 1 aromatic rings. The highest BCUT2D eigenvalue weighted by Crippen LogP contribution is 2.43. The predicted octanol–water partition coefficient (Wildman–Crippen LogP) is 3.09.